The molecule has 0 radical (unpaired) electrons. The molecule has 2 aliphatic carbocycles. The number of nitrogens with zero attached hydrogens (tertiary/aromatic N) is 2. The molecule has 1 heterocycles. The predicted octanol–water partition coefficient (Wildman–Crippen LogP) is 3.71. The minimum Gasteiger partial charge on any atom is -0.356 e. The first-order valence-electron chi connectivity index (χ1n) is 9.27. The van der Waals surface area contributed by atoms with Gasteiger partial charge in [0.1, 0.15) is 0 Å². The normalized spacial score (nSPS) is 29.0. The van der Waals surface area contributed by atoms with Crippen molar-refractivity contribution in [2.75, 3.05) is 6.54 Å². The molecular weight excluding hydrogens is 310 g/mol. The van der Waals surface area contributed by atoms with Crippen molar-refractivity contribution < 1.29 is 4.79 Å². The number of carbonyl (C=O) groups is 1. The van der Waals surface area contributed by atoms with Crippen LogP contribution in [-0.2, 0) is 15.6 Å². The monoisotopic (exact) mass is 337 g/mol. The van der Waals surface area contributed by atoms with Crippen LogP contribution in [0.25, 0.3) is 11.0 Å². The third kappa shape index (κ3) is 1.70. The van der Waals surface area contributed by atoms with Crippen LogP contribution in [-0.4, -0.2) is 22.4 Å². The zero-order valence-electron chi connectivity index (χ0n) is 16.1. The van der Waals surface area contributed by atoms with E-state index in [1.54, 1.807) is 0 Å². The van der Waals surface area contributed by atoms with Crippen molar-refractivity contribution in [2.24, 2.45) is 5.41 Å². The highest BCUT2D eigenvalue weighted by Gasteiger charge is 2.73. The first-order valence-corrected chi connectivity index (χ1v) is 9.27. The summed E-state index contributed by atoms with van der Waals surface area (Å²) in [6, 6.07) is 4.23. The highest BCUT2D eigenvalue weighted by Crippen LogP contribution is 2.70. The molecule has 1 amide bonds. The summed E-state index contributed by atoms with van der Waals surface area (Å²) < 4.78 is 0. The molecule has 4 heteroatoms. The van der Waals surface area contributed by atoms with Gasteiger partial charge in [-0.25, -0.2) is 9.97 Å². The largest absolute Gasteiger partial charge is 0.356 e. The van der Waals surface area contributed by atoms with Gasteiger partial charge in [-0.05, 0) is 62.3 Å². The summed E-state index contributed by atoms with van der Waals surface area (Å²) in [5.74, 6) is 0.111. The third-order valence-corrected chi connectivity index (χ3v) is 7.38. The van der Waals surface area contributed by atoms with E-state index in [4.69, 9.17) is 9.97 Å². The first kappa shape index (κ1) is 16.5. The highest BCUT2D eigenvalue weighted by atomic mass is 16.2. The van der Waals surface area contributed by atoms with Gasteiger partial charge in [0, 0.05) is 12.0 Å². The van der Waals surface area contributed by atoms with Gasteiger partial charge in [-0.3, -0.25) is 4.79 Å². The maximum Gasteiger partial charge on any atom is 0.232 e. The Bertz CT molecular complexity index is 917. The molecule has 0 saturated heterocycles. The minimum absolute atomic E-state index is 0.111. The molecule has 0 aliphatic heterocycles. The van der Waals surface area contributed by atoms with Gasteiger partial charge < -0.3 is 5.32 Å². The molecule has 2 aromatic rings. The van der Waals surface area contributed by atoms with E-state index in [0.29, 0.717) is 6.54 Å². The molecule has 1 aromatic heterocycles. The molecular formula is C21H27N3O. The van der Waals surface area contributed by atoms with Crippen molar-refractivity contribution >= 4 is 16.9 Å². The molecule has 2 bridgehead atoms. The van der Waals surface area contributed by atoms with Gasteiger partial charge in [-0.15, -0.1) is 0 Å². The molecule has 132 valence electrons. The topological polar surface area (TPSA) is 54.9 Å². The molecule has 4 nitrogen and oxygen atoms in total. The third-order valence-electron chi connectivity index (χ3n) is 7.38. The van der Waals surface area contributed by atoms with Crippen LogP contribution in [0, 0.1) is 19.3 Å². The highest BCUT2D eigenvalue weighted by molar-refractivity contribution is 5.93. The molecule has 1 N–H and O–H groups in total. The van der Waals surface area contributed by atoms with Gasteiger partial charge in [0.25, 0.3) is 0 Å². The zero-order chi connectivity index (χ0) is 18.2. The smallest absolute Gasteiger partial charge is 0.232 e. The van der Waals surface area contributed by atoms with Gasteiger partial charge in [0.2, 0.25) is 5.91 Å². The summed E-state index contributed by atoms with van der Waals surface area (Å²) in [7, 11) is 0. The van der Waals surface area contributed by atoms with E-state index in [1.165, 1.54) is 11.1 Å². The molecule has 1 aromatic carbocycles. The van der Waals surface area contributed by atoms with E-state index in [-0.39, 0.29) is 16.7 Å². The second-order valence-electron chi connectivity index (χ2n) is 8.57. The summed E-state index contributed by atoms with van der Waals surface area (Å²) >= 11 is 0. The fourth-order valence-electron chi connectivity index (χ4n) is 5.17. The molecule has 0 unspecified atom stereocenters. The number of nitrogens with one attached hydrogen (secondary N) is 1. The van der Waals surface area contributed by atoms with Gasteiger partial charge in [-0.2, -0.15) is 0 Å². The Hall–Kier alpha value is -1.97. The zero-order valence-corrected chi connectivity index (χ0v) is 16.1. The lowest BCUT2D eigenvalue weighted by Crippen LogP contribution is -2.51. The fraction of sp³-hybridized carbons (Fsp3) is 0.571. The predicted molar refractivity (Wildman–Crippen MR) is 99.7 cm³/mol. The van der Waals surface area contributed by atoms with Crippen LogP contribution < -0.4 is 5.32 Å². The number of fused-ring (bicyclic) bond motifs is 6. The van der Waals surface area contributed by atoms with Crippen LogP contribution in [0.1, 0.15) is 63.1 Å². The summed E-state index contributed by atoms with van der Waals surface area (Å²) in [4.78, 5) is 23.3. The van der Waals surface area contributed by atoms with E-state index in [1.807, 2.05) is 6.92 Å². The number of rotatable bonds is 2. The number of amides is 1. The Morgan fingerprint density at radius 3 is 2.16 bits per heavy atom. The minimum atomic E-state index is -0.576. The second-order valence-corrected chi connectivity index (χ2v) is 8.57. The van der Waals surface area contributed by atoms with Crippen LogP contribution in [0.15, 0.2) is 12.1 Å². The van der Waals surface area contributed by atoms with Crippen LogP contribution in [0.3, 0.4) is 0 Å². The molecule has 2 aliphatic rings. The average Bonchev–Trinajstić information content (AvgIpc) is 2.84. The van der Waals surface area contributed by atoms with Gasteiger partial charge >= 0.3 is 0 Å². The number of hydrogen-bond donors (Lipinski definition) is 1. The second kappa shape index (κ2) is 4.80. The van der Waals surface area contributed by atoms with E-state index in [9.17, 15) is 4.79 Å². The lowest BCUT2D eigenvalue weighted by Gasteiger charge is -2.39. The Balaban J connectivity index is 2.06. The van der Waals surface area contributed by atoms with E-state index in [0.717, 1.165) is 35.3 Å². The number of carbonyl (C=O) groups excluding carboxylic acids is 1. The van der Waals surface area contributed by atoms with Crippen molar-refractivity contribution in [2.45, 2.75) is 65.2 Å². The maximum atomic E-state index is 13.2. The van der Waals surface area contributed by atoms with E-state index < -0.39 is 5.41 Å². The fourth-order valence-corrected chi connectivity index (χ4v) is 5.17. The number of hydrogen-bond acceptors (Lipinski definition) is 3. The number of likely N-dealkylation sites (N-methyl/N-ethyl adjacent to an activating group) is 1. The van der Waals surface area contributed by atoms with E-state index >= 15 is 0 Å². The van der Waals surface area contributed by atoms with Crippen molar-refractivity contribution in [3.05, 3.63) is 34.6 Å². The Morgan fingerprint density at radius 1 is 1.04 bits per heavy atom. The van der Waals surface area contributed by atoms with Crippen LogP contribution in [0.4, 0.5) is 0 Å². The van der Waals surface area contributed by atoms with Gasteiger partial charge in [0.15, 0.2) is 0 Å². The number of aryl methyl sites for hydroxylation is 2. The van der Waals surface area contributed by atoms with E-state index in [2.05, 4.69) is 52.1 Å². The summed E-state index contributed by atoms with van der Waals surface area (Å²) in [5, 5.41) is 3.08. The van der Waals surface area contributed by atoms with Crippen molar-refractivity contribution in [1.82, 2.24) is 15.3 Å². The van der Waals surface area contributed by atoms with Gasteiger partial charge in [-0.1, -0.05) is 20.8 Å². The average molecular weight is 337 g/mol. The van der Waals surface area contributed by atoms with Crippen molar-refractivity contribution in [3.63, 3.8) is 0 Å². The Morgan fingerprint density at radius 2 is 1.60 bits per heavy atom. The SMILES string of the molecule is CCNC(=O)[C@@]12CC[C@@](C)(c3nc4cc(C)c(C)cc4nc31)C2(C)C. The standard InChI is InChI=1S/C21H27N3O/c1-7-22-18(25)21-9-8-20(6,19(21,4)5)16-17(21)24-15-11-13(3)12(2)10-14(15)23-16/h10-11H,7-9H2,1-6H3,(H,22,25)/t20-,21+/m0/s1. The Kier molecular flexibility index (Phi) is 3.17. The van der Waals surface area contributed by atoms with Crippen LogP contribution in [0.5, 0.6) is 0 Å². The quantitative estimate of drug-likeness (QED) is 0.909. The lowest BCUT2D eigenvalue weighted by atomic mass is 9.63. The van der Waals surface area contributed by atoms with Crippen LogP contribution >= 0.6 is 0 Å². The number of benzene rings is 1. The molecule has 25 heavy (non-hydrogen) atoms. The Labute approximate surface area is 149 Å². The van der Waals surface area contributed by atoms with Crippen LogP contribution in [0.2, 0.25) is 0 Å². The summed E-state index contributed by atoms with van der Waals surface area (Å²) in [6.07, 6.45) is 1.83. The molecule has 2 atom stereocenters. The summed E-state index contributed by atoms with van der Waals surface area (Å²) in [5.41, 5.74) is 5.33. The lowest BCUT2D eigenvalue weighted by molar-refractivity contribution is -0.130. The first-order chi connectivity index (χ1) is 11.7. The molecule has 1 saturated carbocycles. The van der Waals surface area contributed by atoms with Crippen molar-refractivity contribution in [1.29, 1.82) is 0 Å². The van der Waals surface area contributed by atoms with Crippen molar-refractivity contribution in [3.8, 4) is 0 Å². The summed E-state index contributed by atoms with van der Waals surface area (Å²) in [6.45, 7) is 13.5. The number of aromatic nitrogens is 2. The maximum absolute atomic E-state index is 13.2. The van der Waals surface area contributed by atoms with Gasteiger partial charge in [0.05, 0.1) is 27.8 Å². The molecule has 1 fully saturated rings. The molecule has 0 spiro atoms. The molecule has 4 rings (SSSR count).